The summed E-state index contributed by atoms with van der Waals surface area (Å²) in [5.74, 6) is 2.28. The van der Waals surface area contributed by atoms with Crippen molar-refractivity contribution in [2.24, 2.45) is 0 Å². The van der Waals surface area contributed by atoms with Crippen molar-refractivity contribution in [1.82, 2.24) is 9.97 Å². The molecule has 3 rings (SSSR count). The lowest BCUT2D eigenvalue weighted by molar-refractivity contribution is 0.0625. The van der Waals surface area contributed by atoms with Gasteiger partial charge >= 0.3 is 0 Å². The fraction of sp³-hybridized carbons (Fsp3) is 0.304. The van der Waals surface area contributed by atoms with E-state index in [1.54, 1.807) is 36.7 Å². The Kier molecular flexibility index (Phi) is 6.67. The van der Waals surface area contributed by atoms with E-state index in [1.165, 1.54) is 11.8 Å². The molecule has 0 amide bonds. The summed E-state index contributed by atoms with van der Waals surface area (Å²) in [5.41, 5.74) is 1.33. The molecule has 0 fully saturated rings. The average Bonchev–Trinajstić information content (AvgIpc) is 2.71. The zero-order valence-electron chi connectivity index (χ0n) is 16.9. The number of ether oxygens (including phenoxy) is 3. The van der Waals surface area contributed by atoms with Gasteiger partial charge in [-0.05, 0) is 35.2 Å². The highest BCUT2D eigenvalue weighted by Gasteiger charge is 2.13. The number of rotatable bonds is 8. The molecule has 1 aromatic heterocycles. The van der Waals surface area contributed by atoms with Crippen LogP contribution in [0.3, 0.4) is 0 Å². The summed E-state index contributed by atoms with van der Waals surface area (Å²) in [7, 11) is 0. The van der Waals surface area contributed by atoms with Crippen molar-refractivity contribution in [3.05, 3.63) is 72.7 Å². The molecule has 0 bridgehead atoms. The maximum Gasteiger partial charge on any atom is 0.237 e. The van der Waals surface area contributed by atoms with Crippen molar-refractivity contribution in [3.63, 3.8) is 0 Å². The molecule has 0 saturated carbocycles. The topological polar surface area (TPSA) is 73.7 Å². The third-order valence-electron chi connectivity index (χ3n) is 4.17. The highest BCUT2D eigenvalue weighted by Crippen LogP contribution is 2.25. The molecule has 3 aromatic rings. The minimum atomic E-state index is -0.762. The quantitative estimate of drug-likeness (QED) is 0.611. The minimum absolute atomic E-state index is 0.0945. The second-order valence-electron chi connectivity index (χ2n) is 7.67. The van der Waals surface area contributed by atoms with Gasteiger partial charge in [-0.25, -0.2) is 4.98 Å². The van der Waals surface area contributed by atoms with Crippen molar-refractivity contribution >= 4 is 0 Å². The number of nitrogens with zero attached hydrogens (tertiary/aromatic N) is 2. The molecule has 0 aliphatic rings. The molecule has 0 saturated heterocycles. The molecule has 0 aliphatic heterocycles. The first-order valence-electron chi connectivity index (χ1n) is 9.48. The Balaban J connectivity index is 1.47. The van der Waals surface area contributed by atoms with E-state index in [2.05, 4.69) is 30.7 Å². The average molecular weight is 394 g/mol. The Morgan fingerprint density at radius 2 is 1.59 bits per heavy atom. The smallest absolute Gasteiger partial charge is 0.237 e. The molecule has 6 heteroatoms. The van der Waals surface area contributed by atoms with Crippen molar-refractivity contribution in [2.75, 3.05) is 13.2 Å². The maximum absolute atomic E-state index is 10.2. The van der Waals surface area contributed by atoms with Gasteiger partial charge in [0.25, 0.3) is 0 Å². The van der Waals surface area contributed by atoms with Crippen LogP contribution in [-0.2, 0) is 5.41 Å². The lowest BCUT2D eigenvalue weighted by Gasteiger charge is -2.19. The summed E-state index contributed by atoms with van der Waals surface area (Å²) >= 11 is 0. The van der Waals surface area contributed by atoms with Gasteiger partial charge in [0, 0.05) is 18.5 Å². The number of hydrogen-bond acceptors (Lipinski definition) is 6. The van der Waals surface area contributed by atoms with E-state index in [4.69, 9.17) is 14.2 Å². The predicted molar refractivity (Wildman–Crippen MR) is 111 cm³/mol. The van der Waals surface area contributed by atoms with Crippen molar-refractivity contribution < 1.29 is 19.3 Å². The largest absolute Gasteiger partial charge is 0.491 e. The Morgan fingerprint density at radius 1 is 0.897 bits per heavy atom. The third kappa shape index (κ3) is 6.47. The Hall–Kier alpha value is -3.12. The van der Waals surface area contributed by atoms with E-state index in [0.29, 0.717) is 17.4 Å². The van der Waals surface area contributed by atoms with Crippen molar-refractivity contribution in [3.8, 4) is 23.1 Å². The molecule has 2 aromatic carbocycles. The standard InChI is InChI=1S/C23H26N2O4/c1-23(2,3)17-7-9-19(10-8-17)27-15-18(26)16-28-20-5-4-6-21(13-20)29-22-14-24-11-12-25-22/h4-14,18,26H,15-16H2,1-3H3. The molecule has 0 aliphatic carbocycles. The van der Waals surface area contributed by atoms with Crippen LogP contribution < -0.4 is 14.2 Å². The van der Waals surface area contributed by atoms with Gasteiger partial charge < -0.3 is 19.3 Å². The van der Waals surface area contributed by atoms with E-state index in [1.807, 2.05) is 24.3 Å². The molecular formula is C23H26N2O4. The first-order valence-corrected chi connectivity index (χ1v) is 9.48. The number of aliphatic hydroxyl groups excluding tert-OH is 1. The summed E-state index contributed by atoms with van der Waals surface area (Å²) in [5, 5.41) is 10.2. The van der Waals surface area contributed by atoms with Gasteiger partial charge in [0.2, 0.25) is 5.88 Å². The zero-order chi connectivity index (χ0) is 20.7. The first-order chi connectivity index (χ1) is 13.9. The van der Waals surface area contributed by atoms with E-state index >= 15 is 0 Å². The van der Waals surface area contributed by atoms with Gasteiger partial charge in [-0.15, -0.1) is 0 Å². The third-order valence-corrected chi connectivity index (χ3v) is 4.17. The first kappa shape index (κ1) is 20.6. The molecule has 0 spiro atoms. The van der Waals surface area contributed by atoms with E-state index < -0.39 is 6.10 Å². The normalized spacial score (nSPS) is 12.3. The van der Waals surface area contributed by atoms with Crippen LogP contribution in [-0.4, -0.2) is 34.4 Å². The van der Waals surface area contributed by atoms with Crippen LogP contribution in [0.5, 0.6) is 23.1 Å². The SMILES string of the molecule is CC(C)(C)c1ccc(OCC(O)COc2cccc(Oc3cnccn3)c2)cc1. The highest BCUT2D eigenvalue weighted by molar-refractivity contribution is 5.35. The Morgan fingerprint density at radius 3 is 2.24 bits per heavy atom. The van der Waals surface area contributed by atoms with Gasteiger partial charge in [-0.1, -0.05) is 39.0 Å². The minimum Gasteiger partial charge on any atom is -0.491 e. The van der Waals surface area contributed by atoms with E-state index in [9.17, 15) is 5.11 Å². The van der Waals surface area contributed by atoms with Crippen molar-refractivity contribution in [1.29, 1.82) is 0 Å². The fourth-order valence-electron chi connectivity index (χ4n) is 2.57. The van der Waals surface area contributed by atoms with Crippen LogP contribution in [0.25, 0.3) is 0 Å². The van der Waals surface area contributed by atoms with E-state index in [-0.39, 0.29) is 18.6 Å². The summed E-state index contributed by atoms with van der Waals surface area (Å²) in [6.45, 7) is 6.74. The van der Waals surface area contributed by atoms with Gasteiger partial charge in [-0.3, -0.25) is 4.98 Å². The van der Waals surface area contributed by atoms with Crippen LogP contribution in [0.2, 0.25) is 0 Å². The number of hydrogen-bond donors (Lipinski definition) is 1. The molecule has 6 nitrogen and oxygen atoms in total. The molecule has 1 atom stereocenters. The Labute approximate surface area is 171 Å². The Bertz CT molecular complexity index is 893. The number of aliphatic hydroxyl groups is 1. The van der Waals surface area contributed by atoms with E-state index in [0.717, 1.165) is 5.75 Å². The second-order valence-corrected chi connectivity index (χ2v) is 7.67. The van der Waals surface area contributed by atoms with Gasteiger partial charge in [0.1, 0.15) is 36.6 Å². The molecule has 1 unspecified atom stereocenters. The van der Waals surface area contributed by atoms with Gasteiger partial charge in [0.15, 0.2) is 0 Å². The molecule has 1 heterocycles. The van der Waals surface area contributed by atoms with Gasteiger partial charge in [0.05, 0.1) is 6.20 Å². The lowest BCUT2D eigenvalue weighted by atomic mass is 9.87. The van der Waals surface area contributed by atoms with Crippen LogP contribution in [0.1, 0.15) is 26.3 Å². The second kappa shape index (κ2) is 9.39. The highest BCUT2D eigenvalue weighted by atomic mass is 16.5. The van der Waals surface area contributed by atoms with Crippen LogP contribution in [0.4, 0.5) is 0 Å². The maximum atomic E-state index is 10.2. The summed E-state index contributed by atoms with van der Waals surface area (Å²) in [6, 6.07) is 15.0. The predicted octanol–water partition coefficient (Wildman–Crippen LogP) is 4.39. The number of aromatic nitrogens is 2. The van der Waals surface area contributed by atoms with Crippen molar-refractivity contribution in [2.45, 2.75) is 32.3 Å². The summed E-state index contributed by atoms with van der Waals surface area (Å²) in [6.07, 6.45) is 3.90. The fourth-order valence-corrected chi connectivity index (χ4v) is 2.57. The molecule has 152 valence electrons. The molecule has 29 heavy (non-hydrogen) atoms. The summed E-state index contributed by atoms with van der Waals surface area (Å²) < 4.78 is 16.9. The van der Waals surface area contributed by atoms with Crippen LogP contribution in [0.15, 0.2) is 67.1 Å². The summed E-state index contributed by atoms with van der Waals surface area (Å²) in [4.78, 5) is 8.03. The molecular weight excluding hydrogens is 368 g/mol. The monoisotopic (exact) mass is 394 g/mol. The zero-order valence-corrected chi connectivity index (χ0v) is 16.9. The molecule has 0 radical (unpaired) electrons. The number of benzene rings is 2. The van der Waals surface area contributed by atoms with Crippen LogP contribution >= 0.6 is 0 Å². The lowest BCUT2D eigenvalue weighted by Crippen LogP contribution is -2.25. The van der Waals surface area contributed by atoms with Crippen LogP contribution in [0, 0.1) is 0 Å². The molecule has 1 N–H and O–H groups in total. The van der Waals surface area contributed by atoms with Gasteiger partial charge in [-0.2, -0.15) is 0 Å².